The first-order chi connectivity index (χ1) is 5.83. The van der Waals surface area contributed by atoms with Crippen LogP contribution in [0.25, 0.3) is 0 Å². The van der Waals surface area contributed by atoms with Gasteiger partial charge in [-0.05, 0) is 12.8 Å². The molecule has 80 valence electrons. The van der Waals surface area contributed by atoms with Gasteiger partial charge in [0.05, 0.1) is 18.5 Å². The van der Waals surface area contributed by atoms with E-state index in [0.29, 0.717) is 19.3 Å². The predicted molar refractivity (Wildman–Crippen MR) is 50.9 cm³/mol. The maximum Gasteiger partial charge on any atom is 0.264 e. The van der Waals surface area contributed by atoms with Crippen molar-refractivity contribution in [1.29, 1.82) is 0 Å². The van der Waals surface area contributed by atoms with Crippen LogP contribution in [0.3, 0.4) is 0 Å². The summed E-state index contributed by atoms with van der Waals surface area (Å²) in [6.07, 6.45) is 2.57. The van der Waals surface area contributed by atoms with E-state index < -0.39 is 15.7 Å². The molecule has 1 N–H and O–H groups in total. The van der Waals surface area contributed by atoms with Crippen LogP contribution in [0.4, 0.5) is 0 Å². The summed E-state index contributed by atoms with van der Waals surface area (Å²) in [6, 6.07) is 0. The third-order valence-electron chi connectivity index (χ3n) is 2.18. The minimum absolute atomic E-state index is 0.0526. The average molecular weight is 210 g/mol. The molecule has 0 aliphatic heterocycles. The van der Waals surface area contributed by atoms with Crippen molar-refractivity contribution in [2.24, 2.45) is 0 Å². The Labute approximate surface area is 80.0 Å². The first-order valence-electron chi connectivity index (χ1n) is 4.40. The highest BCUT2D eigenvalue weighted by Crippen LogP contribution is 2.19. The van der Waals surface area contributed by atoms with Gasteiger partial charge >= 0.3 is 0 Å². The van der Waals surface area contributed by atoms with E-state index >= 15 is 0 Å². The molecule has 0 aromatic heterocycles. The second-order valence-electron chi connectivity index (χ2n) is 3.21. The number of hydrogen-bond donors (Lipinski definition) is 1. The molecule has 0 saturated heterocycles. The van der Waals surface area contributed by atoms with Crippen LogP contribution in [0.15, 0.2) is 0 Å². The quantitative estimate of drug-likeness (QED) is 0.662. The Balaban J connectivity index is 3.88. The predicted octanol–water partition coefficient (Wildman–Crippen LogP) is 0.904. The van der Waals surface area contributed by atoms with Crippen molar-refractivity contribution in [2.75, 3.05) is 12.9 Å². The second kappa shape index (κ2) is 4.93. The van der Waals surface area contributed by atoms with Crippen molar-refractivity contribution in [3.63, 3.8) is 0 Å². The molecular formula is C8H18O4S. The lowest BCUT2D eigenvalue weighted by Crippen LogP contribution is -2.28. The first kappa shape index (κ1) is 12.9. The van der Waals surface area contributed by atoms with E-state index in [1.165, 1.54) is 0 Å². The zero-order valence-electron chi connectivity index (χ0n) is 8.41. The largest absolute Gasteiger partial charge is 0.390 e. The number of rotatable bonds is 6. The van der Waals surface area contributed by atoms with Gasteiger partial charge in [0.2, 0.25) is 0 Å². The Kier molecular flexibility index (Phi) is 4.88. The van der Waals surface area contributed by atoms with Gasteiger partial charge < -0.3 is 5.11 Å². The topological polar surface area (TPSA) is 63.6 Å². The zero-order valence-corrected chi connectivity index (χ0v) is 9.23. The van der Waals surface area contributed by atoms with Crippen LogP contribution in [0.2, 0.25) is 0 Å². The molecule has 0 radical (unpaired) electrons. The monoisotopic (exact) mass is 210 g/mol. The lowest BCUT2D eigenvalue weighted by Gasteiger charge is -2.24. The van der Waals surface area contributed by atoms with Crippen LogP contribution in [-0.2, 0) is 14.3 Å². The van der Waals surface area contributed by atoms with Gasteiger partial charge in [0.1, 0.15) is 0 Å². The summed E-state index contributed by atoms with van der Waals surface area (Å²) in [4.78, 5) is 0. The SMILES string of the molecule is CCC(O)(CC)CCOS(C)(=O)=O. The third kappa shape index (κ3) is 6.01. The number of aliphatic hydroxyl groups is 1. The first-order valence-corrected chi connectivity index (χ1v) is 6.21. The van der Waals surface area contributed by atoms with Gasteiger partial charge in [-0.1, -0.05) is 13.8 Å². The highest BCUT2D eigenvalue weighted by Gasteiger charge is 2.22. The maximum atomic E-state index is 10.6. The van der Waals surface area contributed by atoms with E-state index in [1.807, 2.05) is 13.8 Å². The second-order valence-corrected chi connectivity index (χ2v) is 4.85. The van der Waals surface area contributed by atoms with E-state index in [4.69, 9.17) is 0 Å². The molecule has 13 heavy (non-hydrogen) atoms. The fourth-order valence-electron chi connectivity index (χ4n) is 0.987. The molecule has 0 rings (SSSR count). The molecule has 0 aromatic rings. The normalized spacial score (nSPS) is 13.2. The summed E-state index contributed by atoms with van der Waals surface area (Å²) in [6.45, 7) is 3.78. The Morgan fingerprint density at radius 3 is 2.08 bits per heavy atom. The molecule has 0 aromatic carbocycles. The fraction of sp³-hybridized carbons (Fsp3) is 1.00. The third-order valence-corrected chi connectivity index (χ3v) is 2.78. The Hall–Kier alpha value is -0.130. The molecule has 0 bridgehead atoms. The fourth-order valence-corrected chi connectivity index (χ4v) is 1.37. The molecule has 0 fully saturated rings. The van der Waals surface area contributed by atoms with Crippen LogP contribution in [0.1, 0.15) is 33.1 Å². The molecular weight excluding hydrogens is 192 g/mol. The van der Waals surface area contributed by atoms with Gasteiger partial charge in [-0.15, -0.1) is 0 Å². The standard InChI is InChI=1S/C8H18O4S/c1-4-8(9,5-2)6-7-12-13(3,10)11/h9H,4-7H2,1-3H3. The summed E-state index contributed by atoms with van der Waals surface area (Å²) >= 11 is 0. The van der Waals surface area contributed by atoms with Gasteiger partial charge in [0.25, 0.3) is 10.1 Å². The van der Waals surface area contributed by atoms with Crippen LogP contribution < -0.4 is 0 Å². The van der Waals surface area contributed by atoms with E-state index in [0.717, 1.165) is 6.26 Å². The minimum atomic E-state index is -3.37. The molecule has 4 nitrogen and oxygen atoms in total. The molecule has 0 heterocycles. The molecule has 0 saturated carbocycles. The lowest BCUT2D eigenvalue weighted by molar-refractivity contribution is 0.0125. The van der Waals surface area contributed by atoms with Crippen molar-refractivity contribution in [1.82, 2.24) is 0 Å². The Morgan fingerprint density at radius 2 is 1.77 bits per heavy atom. The van der Waals surface area contributed by atoms with Crippen LogP contribution >= 0.6 is 0 Å². The number of hydrogen-bond acceptors (Lipinski definition) is 4. The van der Waals surface area contributed by atoms with E-state index in [9.17, 15) is 13.5 Å². The molecule has 0 aliphatic carbocycles. The van der Waals surface area contributed by atoms with Crippen molar-refractivity contribution in [3.05, 3.63) is 0 Å². The molecule has 0 atom stereocenters. The van der Waals surface area contributed by atoms with Gasteiger partial charge in [-0.3, -0.25) is 4.18 Å². The molecule has 0 unspecified atom stereocenters. The van der Waals surface area contributed by atoms with E-state index in [2.05, 4.69) is 4.18 Å². The van der Waals surface area contributed by atoms with Gasteiger partial charge in [-0.25, -0.2) is 0 Å². The molecule has 0 spiro atoms. The molecule has 5 heteroatoms. The van der Waals surface area contributed by atoms with E-state index in [1.54, 1.807) is 0 Å². The molecule has 0 amide bonds. The molecule has 0 aliphatic rings. The summed E-state index contributed by atoms with van der Waals surface area (Å²) in [7, 11) is -3.37. The summed E-state index contributed by atoms with van der Waals surface area (Å²) in [5.74, 6) is 0. The van der Waals surface area contributed by atoms with Gasteiger partial charge in [-0.2, -0.15) is 8.42 Å². The van der Waals surface area contributed by atoms with Crippen LogP contribution in [0.5, 0.6) is 0 Å². The summed E-state index contributed by atoms with van der Waals surface area (Å²) < 4.78 is 25.7. The van der Waals surface area contributed by atoms with Crippen LogP contribution in [-0.4, -0.2) is 32.0 Å². The average Bonchev–Trinajstić information content (AvgIpc) is 2.02. The summed E-state index contributed by atoms with van der Waals surface area (Å²) in [5.41, 5.74) is -0.787. The Morgan fingerprint density at radius 1 is 1.31 bits per heavy atom. The highest BCUT2D eigenvalue weighted by atomic mass is 32.2. The smallest absolute Gasteiger partial charge is 0.264 e. The zero-order chi connectivity index (χ0) is 10.5. The van der Waals surface area contributed by atoms with E-state index in [-0.39, 0.29) is 6.61 Å². The van der Waals surface area contributed by atoms with Crippen molar-refractivity contribution >= 4 is 10.1 Å². The van der Waals surface area contributed by atoms with Crippen molar-refractivity contribution < 1.29 is 17.7 Å². The summed E-state index contributed by atoms with van der Waals surface area (Å²) in [5, 5.41) is 9.75. The highest BCUT2D eigenvalue weighted by molar-refractivity contribution is 7.85. The van der Waals surface area contributed by atoms with Crippen LogP contribution in [0, 0.1) is 0 Å². The van der Waals surface area contributed by atoms with Gasteiger partial charge in [0.15, 0.2) is 0 Å². The van der Waals surface area contributed by atoms with Crippen molar-refractivity contribution in [2.45, 2.75) is 38.7 Å². The maximum absolute atomic E-state index is 10.6. The lowest BCUT2D eigenvalue weighted by atomic mass is 9.94. The minimum Gasteiger partial charge on any atom is -0.390 e. The van der Waals surface area contributed by atoms with Gasteiger partial charge in [0, 0.05) is 6.42 Å². The Bertz CT molecular complexity index is 229. The van der Waals surface area contributed by atoms with Crippen molar-refractivity contribution in [3.8, 4) is 0 Å².